The fraction of sp³-hybridized carbons (Fsp3) is 0.111. The highest BCUT2D eigenvalue weighted by atomic mass is 32.1. The number of nitrogens with one attached hydrogen (secondary N) is 1. The Labute approximate surface area is 138 Å². The van der Waals surface area contributed by atoms with E-state index in [-0.39, 0.29) is 5.91 Å². The Morgan fingerprint density at radius 3 is 2.74 bits per heavy atom. The van der Waals surface area contributed by atoms with Crippen LogP contribution in [-0.2, 0) is 0 Å². The molecule has 0 radical (unpaired) electrons. The van der Waals surface area contributed by atoms with Gasteiger partial charge in [-0.05, 0) is 35.9 Å². The minimum absolute atomic E-state index is 0.210. The summed E-state index contributed by atoms with van der Waals surface area (Å²) in [6, 6.07) is 15.6. The summed E-state index contributed by atoms with van der Waals surface area (Å²) >= 11 is 1.44. The third-order valence-electron chi connectivity index (χ3n) is 3.47. The van der Waals surface area contributed by atoms with Crippen LogP contribution in [0, 0.1) is 6.92 Å². The Morgan fingerprint density at radius 2 is 2.00 bits per heavy atom. The molecule has 3 aromatic rings. The standard InChI is InChI=1S/C18H16N2O2S/c1-12-7-10-17(23-12)18(21)20-19-11-15-14-6-4-3-5-13(14)8-9-16(15)22-2/h3-11H,1-2H3,(H,20,21). The van der Waals surface area contributed by atoms with Crippen molar-refractivity contribution in [2.24, 2.45) is 5.10 Å². The number of hydrogen-bond donors (Lipinski definition) is 1. The Balaban J connectivity index is 1.87. The predicted molar refractivity (Wildman–Crippen MR) is 94.6 cm³/mol. The monoisotopic (exact) mass is 324 g/mol. The lowest BCUT2D eigenvalue weighted by Gasteiger charge is -2.08. The predicted octanol–water partition coefficient (Wildman–Crippen LogP) is 3.98. The van der Waals surface area contributed by atoms with Crippen molar-refractivity contribution in [2.75, 3.05) is 7.11 Å². The topological polar surface area (TPSA) is 50.7 Å². The van der Waals surface area contributed by atoms with Gasteiger partial charge in [-0.25, -0.2) is 5.43 Å². The van der Waals surface area contributed by atoms with Gasteiger partial charge < -0.3 is 4.74 Å². The molecular weight excluding hydrogens is 308 g/mol. The van der Waals surface area contributed by atoms with E-state index in [0.29, 0.717) is 10.6 Å². The van der Waals surface area contributed by atoms with Crippen LogP contribution in [0.5, 0.6) is 5.75 Å². The van der Waals surface area contributed by atoms with Gasteiger partial charge in [-0.15, -0.1) is 11.3 Å². The van der Waals surface area contributed by atoms with E-state index in [1.54, 1.807) is 19.4 Å². The summed E-state index contributed by atoms with van der Waals surface area (Å²) < 4.78 is 5.40. The molecule has 1 aromatic heterocycles. The first-order valence-electron chi connectivity index (χ1n) is 7.14. The third kappa shape index (κ3) is 3.24. The fourth-order valence-corrected chi connectivity index (χ4v) is 3.11. The number of benzene rings is 2. The van der Waals surface area contributed by atoms with Crippen molar-refractivity contribution in [1.29, 1.82) is 0 Å². The zero-order chi connectivity index (χ0) is 16.2. The number of methoxy groups -OCH3 is 1. The number of thiophene rings is 1. The molecule has 0 saturated carbocycles. The van der Waals surface area contributed by atoms with Gasteiger partial charge in [0.15, 0.2) is 0 Å². The zero-order valence-electron chi connectivity index (χ0n) is 12.9. The minimum atomic E-state index is -0.210. The lowest BCUT2D eigenvalue weighted by Crippen LogP contribution is -2.16. The van der Waals surface area contributed by atoms with Crippen LogP contribution in [0.1, 0.15) is 20.1 Å². The SMILES string of the molecule is COc1ccc2ccccc2c1C=NNC(=O)c1ccc(C)s1. The molecule has 0 bridgehead atoms. The molecule has 3 rings (SSSR count). The fourth-order valence-electron chi connectivity index (χ4n) is 2.35. The molecule has 1 amide bonds. The van der Waals surface area contributed by atoms with Crippen molar-refractivity contribution in [3.05, 3.63) is 63.8 Å². The smallest absolute Gasteiger partial charge is 0.281 e. The number of carbonyl (C=O) groups is 1. The van der Waals surface area contributed by atoms with E-state index >= 15 is 0 Å². The molecule has 0 aliphatic carbocycles. The number of rotatable bonds is 4. The number of fused-ring (bicyclic) bond motifs is 1. The van der Waals surface area contributed by atoms with Crippen molar-refractivity contribution >= 4 is 34.2 Å². The first-order valence-corrected chi connectivity index (χ1v) is 7.96. The number of aryl methyl sites for hydroxylation is 1. The molecule has 0 atom stereocenters. The maximum atomic E-state index is 12.0. The molecule has 0 fully saturated rings. The van der Waals surface area contributed by atoms with E-state index in [4.69, 9.17) is 4.74 Å². The molecule has 0 aliphatic heterocycles. The Bertz CT molecular complexity index is 884. The largest absolute Gasteiger partial charge is 0.496 e. The normalized spacial score (nSPS) is 11.0. The maximum absolute atomic E-state index is 12.0. The second-order valence-corrected chi connectivity index (χ2v) is 6.30. The van der Waals surface area contributed by atoms with Crippen LogP contribution >= 0.6 is 11.3 Å². The number of ether oxygens (including phenoxy) is 1. The summed E-state index contributed by atoms with van der Waals surface area (Å²) in [5, 5.41) is 6.21. The van der Waals surface area contributed by atoms with Gasteiger partial charge in [-0.2, -0.15) is 5.10 Å². The Kier molecular flexibility index (Phi) is 4.39. The van der Waals surface area contributed by atoms with Gasteiger partial charge in [0, 0.05) is 10.4 Å². The molecule has 1 N–H and O–H groups in total. The number of amides is 1. The first-order chi connectivity index (χ1) is 11.2. The zero-order valence-corrected chi connectivity index (χ0v) is 13.7. The molecule has 0 saturated heterocycles. The van der Waals surface area contributed by atoms with Crippen molar-refractivity contribution in [1.82, 2.24) is 5.43 Å². The van der Waals surface area contributed by atoms with Gasteiger partial charge in [0.25, 0.3) is 5.91 Å². The van der Waals surface area contributed by atoms with Gasteiger partial charge in [0.1, 0.15) is 5.75 Å². The second kappa shape index (κ2) is 6.62. The molecule has 0 aliphatic rings. The van der Waals surface area contributed by atoms with Gasteiger partial charge >= 0.3 is 0 Å². The third-order valence-corrected chi connectivity index (χ3v) is 4.47. The minimum Gasteiger partial charge on any atom is -0.496 e. The molecular formula is C18H16N2O2S. The average Bonchev–Trinajstić information content (AvgIpc) is 3.01. The highest BCUT2D eigenvalue weighted by Gasteiger charge is 2.08. The van der Waals surface area contributed by atoms with E-state index in [1.807, 2.05) is 49.4 Å². The maximum Gasteiger partial charge on any atom is 0.281 e. The van der Waals surface area contributed by atoms with Crippen LogP contribution in [0.3, 0.4) is 0 Å². The molecule has 4 nitrogen and oxygen atoms in total. The lowest BCUT2D eigenvalue weighted by atomic mass is 10.0. The van der Waals surface area contributed by atoms with Crippen LogP contribution in [-0.4, -0.2) is 19.2 Å². The number of carbonyl (C=O) groups excluding carboxylic acids is 1. The van der Waals surface area contributed by atoms with Gasteiger partial charge in [0.05, 0.1) is 18.2 Å². The molecule has 116 valence electrons. The van der Waals surface area contributed by atoms with E-state index in [9.17, 15) is 4.79 Å². The lowest BCUT2D eigenvalue weighted by molar-refractivity contribution is 0.0959. The van der Waals surface area contributed by atoms with Gasteiger partial charge in [-0.3, -0.25) is 4.79 Å². The summed E-state index contributed by atoms with van der Waals surface area (Å²) in [5.74, 6) is 0.507. The molecule has 0 unspecified atom stereocenters. The van der Waals surface area contributed by atoms with Crippen molar-refractivity contribution in [3.63, 3.8) is 0 Å². The van der Waals surface area contributed by atoms with Crippen LogP contribution < -0.4 is 10.2 Å². The molecule has 5 heteroatoms. The van der Waals surface area contributed by atoms with E-state index in [1.165, 1.54) is 11.3 Å². The summed E-state index contributed by atoms with van der Waals surface area (Å²) in [5.41, 5.74) is 3.40. The van der Waals surface area contributed by atoms with Crippen LogP contribution in [0.2, 0.25) is 0 Å². The average molecular weight is 324 g/mol. The molecule has 1 heterocycles. The van der Waals surface area contributed by atoms with E-state index in [0.717, 1.165) is 21.2 Å². The van der Waals surface area contributed by atoms with Crippen molar-refractivity contribution < 1.29 is 9.53 Å². The van der Waals surface area contributed by atoms with Gasteiger partial charge in [-0.1, -0.05) is 30.3 Å². The summed E-state index contributed by atoms with van der Waals surface area (Å²) in [7, 11) is 1.62. The van der Waals surface area contributed by atoms with Crippen LogP contribution in [0.15, 0.2) is 53.6 Å². The summed E-state index contributed by atoms with van der Waals surface area (Å²) in [6.07, 6.45) is 1.62. The highest BCUT2D eigenvalue weighted by molar-refractivity contribution is 7.13. The number of hydrogen-bond acceptors (Lipinski definition) is 4. The highest BCUT2D eigenvalue weighted by Crippen LogP contribution is 2.26. The van der Waals surface area contributed by atoms with Gasteiger partial charge in [0.2, 0.25) is 0 Å². The van der Waals surface area contributed by atoms with Crippen LogP contribution in [0.25, 0.3) is 10.8 Å². The number of nitrogens with zero attached hydrogens (tertiary/aromatic N) is 1. The second-order valence-electron chi connectivity index (χ2n) is 5.01. The summed E-state index contributed by atoms with van der Waals surface area (Å²) in [4.78, 5) is 13.8. The number of hydrazone groups is 1. The molecule has 0 spiro atoms. The molecule has 23 heavy (non-hydrogen) atoms. The van der Waals surface area contributed by atoms with Crippen molar-refractivity contribution in [3.8, 4) is 5.75 Å². The van der Waals surface area contributed by atoms with Crippen LogP contribution in [0.4, 0.5) is 0 Å². The first kappa shape index (κ1) is 15.2. The summed E-state index contributed by atoms with van der Waals surface area (Å²) in [6.45, 7) is 1.96. The molecule has 2 aromatic carbocycles. The van der Waals surface area contributed by atoms with Crippen molar-refractivity contribution in [2.45, 2.75) is 6.92 Å². The Morgan fingerprint density at radius 1 is 1.17 bits per heavy atom. The van der Waals surface area contributed by atoms with E-state index in [2.05, 4.69) is 10.5 Å². The Hall–Kier alpha value is -2.66. The van der Waals surface area contributed by atoms with E-state index < -0.39 is 0 Å². The quantitative estimate of drug-likeness (QED) is 0.583.